The molecule has 0 radical (unpaired) electrons. The SMILES string of the molecule is COc1ccc(OC)c(S(=O)(=O)N(CC(=O)N2CCNCC2)C2CCCC2)c1.O=C(O)C(F)(F)F. The van der Waals surface area contributed by atoms with Gasteiger partial charge in [0.2, 0.25) is 15.9 Å². The van der Waals surface area contributed by atoms with Crippen LogP contribution in [0.1, 0.15) is 25.7 Å². The molecule has 2 fully saturated rings. The fourth-order valence-corrected chi connectivity index (χ4v) is 5.67. The maximum atomic E-state index is 13.6. The van der Waals surface area contributed by atoms with Crippen molar-refractivity contribution in [2.24, 2.45) is 0 Å². The van der Waals surface area contributed by atoms with Gasteiger partial charge in [-0.05, 0) is 25.0 Å². The van der Waals surface area contributed by atoms with E-state index >= 15 is 0 Å². The summed E-state index contributed by atoms with van der Waals surface area (Å²) in [6.07, 6.45) is -1.62. The van der Waals surface area contributed by atoms with Crippen molar-refractivity contribution in [2.45, 2.75) is 42.8 Å². The summed E-state index contributed by atoms with van der Waals surface area (Å²) in [6.45, 7) is 2.50. The van der Waals surface area contributed by atoms with Crippen molar-refractivity contribution in [1.29, 1.82) is 0 Å². The number of piperazine rings is 1. The fourth-order valence-electron chi connectivity index (χ4n) is 3.86. The molecule has 35 heavy (non-hydrogen) atoms. The first-order valence-electron chi connectivity index (χ1n) is 10.9. The van der Waals surface area contributed by atoms with Gasteiger partial charge in [-0.25, -0.2) is 13.2 Å². The predicted octanol–water partition coefficient (Wildman–Crippen LogP) is 1.70. The summed E-state index contributed by atoms with van der Waals surface area (Å²) in [5.74, 6) is -2.23. The first kappa shape index (κ1) is 28.7. The highest BCUT2D eigenvalue weighted by Gasteiger charge is 2.39. The summed E-state index contributed by atoms with van der Waals surface area (Å²) >= 11 is 0. The quantitative estimate of drug-likeness (QED) is 0.551. The first-order chi connectivity index (χ1) is 16.4. The lowest BCUT2D eigenvalue weighted by atomic mass is 10.2. The number of nitrogens with one attached hydrogen (secondary N) is 1. The molecule has 1 aromatic rings. The fraction of sp³-hybridized carbons (Fsp3) is 0.619. The van der Waals surface area contributed by atoms with Crippen LogP contribution in [-0.4, -0.2) is 93.8 Å². The largest absolute Gasteiger partial charge is 0.497 e. The molecule has 14 heteroatoms. The molecular formula is C21H30F3N3O7S. The van der Waals surface area contributed by atoms with Crippen LogP contribution in [0.5, 0.6) is 11.5 Å². The number of sulfonamides is 1. The topological polar surface area (TPSA) is 125 Å². The molecule has 0 atom stereocenters. The van der Waals surface area contributed by atoms with E-state index in [1.54, 1.807) is 17.0 Å². The molecule has 10 nitrogen and oxygen atoms in total. The molecule has 3 rings (SSSR count). The molecule has 0 unspecified atom stereocenters. The van der Waals surface area contributed by atoms with E-state index in [4.69, 9.17) is 19.4 Å². The van der Waals surface area contributed by atoms with Gasteiger partial charge in [-0.3, -0.25) is 4.79 Å². The zero-order valence-corrected chi connectivity index (χ0v) is 20.3. The van der Waals surface area contributed by atoms with Crippen molar-refractivity contribution in [3.05, 3.63) is 18.2 Å². The number of nitrogens with zero attached hydrogens (tertiary/aromatic N) is 2. The van der Waals surface area contributed by atoms with Crippen LogP contribution in [0, 0.1) is 0 Å². The maximum absolute atomic E-state index is 13.6. The van der Waals surface area contributed by atoms with Crippen LogP contribution in [0.3, 0.4) is 0 Å². The number of amides is 1. The van der Waals surface area contributed by atoms with E-state index in [1.165, 1.54) is 24.6 Å². The van der Waals surface area contributed by atoms with Crippen LogP contribution in [0.15, 0.2) is 23.1 Å². The highest BCUT2D eigenvalue weighted by Crippen LogP contribution is 2.34. The van der Waals surface area contributed by atoms with Gasteiger partial charge in [0.1, 0.15) is 16.4 Å². The second-order valence-corrected chi connectivity index (χ2v) is 9.80. The van der Waals surface area contributed by atoms with Crippen molar-refractivity contribution in [1.82, 2.24) is 14.5 Å². The van der Waals surface area contributed by atoms with Crippen molar-refractivity contribution >= 4 is 21.9 Å². The Morgan fingerprint density at radius 1 is 1.14 bits per heavy atom. The molecule has 0 aromatic heterocycles. The van der Waals surface area contributed by atoms with Gasteiger partial charge in [0.25, 0.3) is 0 Å². The summed E-state index contributed by atoms with van der Waals surface area (Å²) in [4.78, 5) is 23.5. The third-order valence-corrected chi connectivity index (χ3v) is 7.61. The van der Waals surface area contributed by atoms with Crippen molar-refractivity contribution < 1.29 is 45.8 Å². The third kappa shape index (κ3) is 7.70. The Bertz CT molecular complexity index is 977. The van der Waals surface area contributed by atoms with Crippen molar-refractivity contribution in [3.63, 3.8) is 0 Å². The zero-order chi connectivity index (χ0) is 26.2. The normalized spacial score (nSPS) is 17.0. The number of carbonyl (C=O) groups is 2. The lowest BCUT2D eigenvalue weighted by Crippen LogP contribution is -2.51. The molecule has 0 spiro atoms. The molecule has 1 heterocycles. The maximum Gasteiger partial charge on any atom is 0.490 e. The van der Waals surface area contributed by atoms with Crippen LogP contribution in [0.2, 0.25) is 0 Å². The first-order valence-corrected chi connectivity index (χ1v) is 12.4. The minimum atomic E-state index is -5.08. The number of aliphatic carboxylic acids is 1. The molecule has 1 amide bonds. The van der Waals surface area contributed by atoms with Gasteiger partial charge in [0, 0.05) is 38.3 Å². The molecule has 0 bridgehead atoms. The van der Waals surface area contributed by atoms with Gasteiger partial charge in [-0.1, -0.05) is 12.8 Å². The van der Waals surface area contributed by atoms with Gasteiger partial charge in [-0.15, -0.1) is 0 Å². The average Bonchev–Trinajstić information content (AvgIpc) is 3.36. The Balaban J connectivity index is 0.000000540. The number of carboxylic acids is 1. The summed E-state index contributed by atoms with van der Waals surface area (Å²) in [5.41, 5.74) is 0. The average molecular weight is 526 g/mol. The number of ether oxygens (including phenoxy) is 2. The Morgan fingerprint density at radius 3 is 2.20 bits per heavy atom. The van der Waals surface area contributed by atoms with Crippen LogP contribution >= 0.6 is 0 Å². The number of carbonyl (C=O) groups excluding carboxylic acids is 1. The minimum Gasteiger partial charge on any atom is -0.497 e. The monoisotopic (exact) mass is 525 g/mol. The van der Waals surface area contributed by atoms with E-state index in [-0.39, 0.29) is 29.1 Å². The highest BCUT2D eigenvalue weighted by atomic mass is 32.2. The molecule has 1 saturated carbocycles. The smallest absolute Gasteiger partial charge is 0.490 e. The van der Waals surface area contributed by atoms with Crippen LogP contribution < -0.4 is 14.8 Å². The van der Waals surface area contributed by atoms with Crippen LogP contribution in [0.25, 0.3) is 0 Å². The van der Waals surface area contributed by atoms with E-state index in [2.05, 4.69) is 5.32 Å². The molecule has 1 aliphatic heterocycles. The van der Waals surface area contributed by atoms with Gasteiger partial charge >= 0.3 is 12.1 Å². The molecule has 1 saturated heterocycles. The number of halogens is 3. The number of hydrogen-bond acceptors (Lipinski definition) is 7. The van der Waals surface area contributed by atoms with E-state index in [1.807, 2.05) is 0 Å². The number of carboxylic acid groups (broad SMARTS) is 1. The van der Waals surface area contributed by atoms with E-state index in [9.17, 15) is 26.4 Å². The summed E-state index contributed by atoms with van der Waals surface area (Å²) in [7, 11) is -1.00. The predicted molar refractivity (Wildman–Crippen MR) is 119 cm³/mol. The zero-order valence-electron chi connectivity index (χ0n) is 19.5. The molecule has 2 aliphatic rings. The van der Waals surface area contributed by atoms with Gasteiger partial charge < -0.3 is 24.8 Å². The molecule has 1 aromatic carbocycles. The lowest BCUT2D eigenvalue weighted by molar-refractivity contribution is -0.192. The standard InChI is InChI=1S/C19H29N3O5S.C2HF3O2/c1-26-16-7-8-17(27-2)18(13-16)28(24,25)22(15-5-3-4-6-15)14-19(23)21-11-9-20-10-12-21;3-2(4,5)1(6)7/h7-8,13,15,20H,3-6,9-12,14H2,1-2H3;(H,6,7). The molecular weight excluding hydrogens is 495 g/mol. The Kier molecular flexibility index (Phi) is 10.2. The second-order valence-electron chi connectivity index (χ2n) is 7.94. The lowest BCUT2D eigenvalue weighted by Gasteiger charge is -2.32. The van der Waals surface area contributed by atoms with E-state index in [0.717, 1.165) is 38.8 Å². The third-order valence-electron chi connectivity index (χ3n) is 5.69. The Labute approximate surface area is 202 Å². The van der Waals surface area contributed by atoms with Crippen molar-refractivity contribution in [3.8, 4) is 11.5 Å². The molecule has 198 valence electrons. The number of methoxy groups -OCH3 is 2. The second kappa shape index (κ2) is 12.4. The summed E-state index contributed by atoms with van der Waals surface area (Å²) < 4.78 is 70.8. The minimum absolute atomic E-state index is 0.0364. The Morgan fingerprint density at radius 2 is 1.71 bits per heavy atom. The number of benzene rings is 1. The number of hydrogen-bond donors (Lipinski definition) is 2. The van der Waals surface area contributed by atoms with Gasteiger partial charge in [0.05, 0.1) is 20.8 Å². The van der Waals surface area contributed by atoms with E-state index in [0.29, 0.717) is 18.8 Å². The molecule has 1 aliphatic carbocycles. The van der Waals surface area contributed by atoms with Gasteiger partial charge in [0.15, 0.2) is 0 Å². The summed E-state index contributed by atoms with van der Waals surface area (Å²) in [5, 5.41) is 10.3. The van der Waals surface area contributed by atoms with Crippen LogP contribution in [-0.2, 0) is 19.6 Å². The number of rotatable bonds is 7. The number of alkyl halides is 3. The van der Waals surface area contributed by atoms with E-state index < -0.39 is 22.2 Å². The Hall–Kier alpha value is -2.58. The highest BCUT2D eigenvalue weighted by molar-refractivity contribution is 7.89. The summed E-state index contributed by atoms with van der Waals surface area (Å²) in [6, 6.07) is 4.53. The van der Waals surface area contributed by atoms with Gasteiger partial charge in [-0.2, -0.15) is 17.5 Å². The van der Waals surface area contributed by atoms with Crippen LogP contribution in [0.4, 0.5) is 13.2 Å². The molecule has 2 N–H and O–H groups in total. The van der Waals surface area contributed by atoms with Crippen molar-refractivity contribution in [2.75, 3.05) is 46.9 Å².